The summed E-state index contributed by atoms with van der Waals surface area (Å²) in [6, 6.07) is 17.0. The number of benzene rings is 2. The van der Waals surface area contributed by atoms with E-state index in [0.29, 0.717) is 17.0 Å². The van der Waals surface area contributed by atoms with Gasteiger partial charge >= 0.3 is 0 Å². The number of nitrogens with zero attached hydrogens (tertiary/aromatic N) is 2. The lowest BCUT2D eigenvalue weighted by molar-refractivity contribution is -0.123. The van der Waals surface area contributed by atoms with Gasteiger partial charge in [0.15, 0.2) is 6.61 Å². The minimum atomic E-state index is -0.617. The summed E-state index contributed by atoms with van der Waals surface area (Å²) in [5, 5.41) is 11.6. The van der Waals surface area contributed by atoms with Gasteiger partial charge in [0.25, 0.3) is 11.8 Å². The Morgan fingerprint density at radius 1 is 1.07 bits per heavy atom. The Hall–Kier alpha value is -4.45. The van der Waals surface area contributed by atoms with E-state index in [1.807, 2.05) is 6.07 Å². The number of hydrogen-bond acceptors (Lipinski definition) is 6. The van der Waals surface area contributed by atoms with Gasteiger partial charge in [-0.15, -0.1) is 0 Å². The van der Waals surface area contributed by atoms with Gasteiger partial charge in [0.2, 0.25) is 0 Å². The molecule has 0 aliphatic heterocycles. The number of nitrogens with one attached hydrogen (secondary N) is 3. The van der Waals surface area contributed by atoms with Crippen LogP contribution in [0.4, 0.5) is 15.9 Å². The van der Waals surface area contributed by atoms with E-state index in [-0.39, 0.29) is 18.0 Å². The molecule has 0 atom stereocenters. The highest BCUT2D eigenvalue weighted by Gasteiger charge is 2.14. The first-order chi connectivity index (χ1) is 14.5. The predicted octanol–water partition coefficient (Wildman–Crippen LogP) is 2.68. The van der Waals surface area contributed by atoms with Crippen LogP contribution in [-0.2, 0) is 4.79 Å². The summed E-state index contributed by atoms with van der Waals surface area (Å²) in [5.74, 6) is -1.03. The van der Waals surface area contributed by atoms with Crippen LogP contribution >= 0.6 is 0 Å². The third-order valence-electron chi connectivity index (χ3n) is 3.81. The maximum atomic E-state index is 13.4. The van der Waals surface area contributed by atoms with Gasteiger partial charge in [-0.3, -0.25) is 20.4 Å². The van der Waals surface area contributed by atoms with Crippen molar-refractivity contribution in [3.8, 4) is 11.8 Å². The lowest BCUT2D eigenvalue weighted by Crippen LogP contribution is -2.44. The molecule has 30 heavy (non-hydrogen) atoms. The summed E-state index contributed by atoms with van der Waals surface area (Å²) in [6.07, 6.45) is 1.47. The van der Waals surface area contributed by atoms with Gasteiger partial charge < -0.3 is 10.1 Å². The zero-order valence-corrected chi connectivity index (χ0v) is 15.6. The molecule has 3 rings (SSSR count). The van der Waals surface area contributed by atoms with E-state index in [9.17, 15) is 14.0 Å². The van der Waals surface area contributed by atoms with E-state index in [4.69, 9.17) is 10.00 Å². The number of nitriles is 1. The van der Waals surface area contributed by atoms with Gasteiger partial charge in [-0.05, 0) is 54.6 Å². The number of amides is 2. The maximum Gasteiger partial charge on any atom is 0.276 e. The zero-order valence-electron chi connectivity index (χ0n) is 15.6. The summed E-state index contributed by atoms with van der Waals surface area (Å²) in [5.41, 5.74) is 5.56. The van der Waals surface area contributed by atoms with E-state index in [2.05, 4.69) is 21.2 Å². The van der Waals surface area contributed by atoms with Crippen LogP contribution < -0.4 is 20.9 Å². The second kappa shape index (κ2) is 9.66. The zero-order chi connectivity index (χ0) is 21.3. The Morgan fingerprint density at radius 2 is 1.87 bits per heavy atom. The van der Waals surface area contributed by atoms with Gasteiger partial charge in [-0.2, -0.15) is 5.26 Å². The highest BCUT2D eigenvalue weighted by Crippen LogP contribution is 2.19. The van der Waals surface area contributed by atoms with Gasteiger partial charge in [-0.1, -0.05) is 6.07 Å². The quantitative estimate of drug-likeness (QED) is 0.543. The Kier molecular flexibility index (Phi) is 6.53. The van der Waals surface area contributed by atoms with Crippen LogP contribution in [0.2, 0.25) is 0 Å². The first kappa shape index (κ1) is 20.3. The fourth-order valence-corrected chi connectivity index (χ4v) is 2.40. The Morgan fingerprint density at radius 3 is 2.60 bits per heavy atom. The molecule has 0 aliphatic rings. The van der Waals surface area contributed by atoms with Crippen molar-refractivity contribution in [3.63, 3.8) is 0 Å². The molecule has 0 unspecified atom stereocenters. The smallest absolute Gasteiger partial charge is 0.276 e. The van der Waals surface area contributed by atoms with Crippen molar-refractivity contribution in [2.24, 2.45) is 0 Å². The van der Waals surface area contributed by atoms with E-state index in [1.165, 1.54) is 30.5 Å². The second-order valence-electron chi connectivity index (χ2n) is 5.96. The van der Waals surface area contributed by atoms with Crippen molar-refractivity contribution < 1.29 is 18.7 Å². The molecule has 1 aromatic heterocycles. The van der Waals surface area contributed by atoms with Crippen LogP contribution in [0.25, 0.3) is 0 Å². The van der Waals surface area contributed by atoms with E-state index >= 15 is 0 Å². The Bertz CT molecular complexity index is 1100. The number of hydrogen-bond donors (Lipinski definition) is 3. The maximum absolute atomic E-state index is 13.4. The third-order valence-corrected chi connectivity index (χ3v) is 3.81. The fraction of sp³-hybridized carbons (Fsp3) is 0.0476. The first-order valence-corrected chi connectivity index (χ1v) is 8.75. The van der Waals surface area contributed by atoms with E-state index < -0.39 is 17.6 Å². The molecule has 3 aromatic rings. The monoisotopic (exact) mass is 405 g/mol. The number of carbonyl (C=O) groups is 2. The highest BCUT2D eigenvalue weighted by molar-refractivity contribution is 6.00. The summed E-state index contributed by atoms with van der Waals surface area (Å²) in [4.78, 5) is 28.4. The number of ether oxygens (including phenoxy) is 1. The number of rotatable bonds is 6. The van der Waals surface area contributed by atoms with Crippen LogP contribution in [-0.4, -0.2) is 23.4 Å². The van der Waals surface area contributed by atoms with Gasteiger partial charge in [-0.25, -0.2) is 9.37 Å². The molecule has 0 saturated carbocycles. The highest BCUT2D eigenvalue weighted by atomic mass is 19.1. The van der Waals surface area contributed by atoms with Crippen molar-refractivity contribution in [3.05, 3.63) is 83.8 Å². The van der Waals surface area contributed by atoms with Crippen LogP contribution in [0.5, 0.6) is 5.75 Å². The molecular weight excluding hydrogens is 389 g/mol. The van der Waals surface area contributed by atoms with Crippen molar-refractivity contribution in [1.29, 1.82) is 5.26 Å². The molecular formula is C21H16FN5O3. The Balaban J connectivity index is 1.55. The molecule has 0 radical (unpaired) electrons. The standard InChI is InChI=1S/C21H16FN5O3/c22-15-3-1-4-16(11-15)25-20-18(5-2-10-24-20)21(29)27-26-19(28)13-30-17-8-6-14(12-23)7-9-17/h1-11H,13H2,(H,24,25)(H,26,28)(H,27,29). The number of pyridine rings is 1. The molecule has 9 heteroatoms. The van der Waals surface area contributed by atoms with Crippen LogP contribution in [0.1, 0.15) is 15.9 Å². The lowest BCUT2D eigenvalue weighted by atomic mass is 10.2. The lowest BCUT2D eigenvalue weighted by Gasteiger charge is -2.12. The predicted molar refractivity (Wildman–Crippen MR) is 106 cm³/mol. The van der Waals surface area contributed by atoms with E-state index in [0.717, 1.165) is 0 Å². The summed E-state index contributed by atoms with van der Waals surface area (Å²) < 4.78 is 18.6. The second-order valence-corrected chi connectivity index (χ2v) is 5.96. The molecule has 8 nitrogen and oxygen atoms in total. The van der Waals surface area contributed by atoms with Crippen LogP contribution in [0, 0.1) is 17.1 Å². The molecule has 3 N–H and O–H groups in total. The first-order valence-electron chi connectivity index (χ1n) is 8.75. The van der Waals surface area contributed by atoms with Crippen LogP contribution in [0.3, 0.4) is 0 Å². The average molecular weight is 405 g/mol. The normalized spacial score (nSPS) is 9.87. The van der Waals surface area contributed by atoms with Gasteiger partial charge in [0, 0.05) is 11.9 Å². The molecule has 2 aromatic carbocycles. The Labute approximate surface area is 171 Å². The molecule has 0 aliphatic carbocycles. The summed E-state index contributed by atoms with van der Waals surface area (Å²) in [6.45, 7) is -0.340. The average Bonchev–Trinajstić information content (AvgIpc) is 2.77. The molecule has 0 fully saturated rings. The third kappa shape index (κ3) is 5.53. The molecule has 0 saturated heterocycles. The largest absolute Gasteiger partial charge is 0.484 e. The fourth-order valence-electron chi connectivity index (χ4n) is 2.40. The molecule has 0 spiro atoms. The van der Waals surface area contributed by atoms with E-state index in [1.54, 1.807) is 36.4 Å². The molecule has 0 bridgehead atoms. The summed E-state index contributed by atoms with van der Waals surface area (Å²) >= 11 is 0. The molecule has 2 amide bonds. The summed E-state index contributed by atoms with van der Waals surface area (Å²) in [7, 11) is 0. The van der Waals surface area contributed by atoms with Gasteiger partial charge in [0.05, 0.1) is 17.2 Å². The van der Waals surface area contributed by atoms with Gasteiger partial charge in [0.1, 0.15) is 17.4 Å². The van der Waals surface area contributed by atoms with Crippen molar-refractivity contribution in [1.82, 2.24) is 15.8 Å². The number of halogens is 1. The van der Waals surface area contributed by atoms with Crippen molar-refractivity contribution >= 4 is 23.3 Å². The van der Waals surface area contributed by atoms with Crippen molar-refractivity contribution in [2.45, 2.75) is 0 Å². The number of carbonyl (C=O) groups excluding carboxylic acids is 2. The number of anilines is 2. The topological polar surface area (TPSA) is 116 Å². The minimum Gasteiger partial charge on any atom is -0.484 e. The van der Waals surface area contributed by atoms with Crippen molar-refractivity contribution in [2.75, 3.05) is 11.9 Å². The van der Waals surface area contributed by atoms with Crippen LogP contribution in [0.15, 0.2) is 66.9 Å². The SMILES string of the molecule is N#Cc1ccc(OCC(=O)NNC(=O)c2cccnc2Nc2cccc(F)c2)cc1. The minimum absolute atomic E-state index is 0.148. The number of hydrazine groups is 1. The molecule has 150 valence electrons. The molecule has 1 heterocycles. The number of aromatic nitrogens is 1.